The first-order valence-corrected chi connectivity index (χ1v) is 10.7. The van der Waals surface area contributed by atoms with E-state index in [1.807, 2.05) is 24.4 Å². The summed E-state index contributed by atoms with van der Waals surface area (Å²) in [5.74, 6) is 1.56. The minimum Gasteiger partial charge on any atom is -0.493 e. The molecule has 0 bridgehead atoms. The molecule has 0 N–H and O–H groups in total. The smallest absolute Gasteiger partial charge is 0.214 e. The molecule has 0 unspecified atom stereocenters. The van der Waals surface area contributed by atoms with E-state index in [9.17, 15) is 0 Å². The number of hydrazone groups is 1. The van der Waals surface area contributed by atoms with E-state index in [0.29, 0.717) is 0 Å². The molecule has 0 saturated carbocycles. The van der Waals surface area contributed by atoms with E-state index >= 15 is 0 Å². The highest BCUT2D eigenvalue weighted by atomic mass is 32.2. The van der Waals surface area contributed by atoms with Crippen molar-refractivity contribution in [2.45, 2.75) is 23.6 Å². The molecule has 2 atom stereocenters. The lowest BCUT2D eigenvalue weighted by atomic mass is 9.96. The predicted molar refractivity (Wildman–Crippen MR) is 115 cm³/mol. The molecule has 2 aromatic carbocycles. The average Bonchev–Trinajstić information content (AvgIpc) is 3.24. The Morgan fingerprint density at radius 2 is 1.97 bits per heavy atom. The van der Waals surface area contributed by atoms with Gasteiger partial charge < -0.3 is 9.47 Å². The van der Waals surface area contributed by atoms with E-state index in [1.54, 1.807) is 25.1 Å². The molecule has 0 spiro atoms. The van der Waals surface area contributed by atoms with Crippen molar-refractivity contribution in [3.63, 3.8) is 0 Å². The fraction of sp³-hybridized carbons (Fsp3) is 0.217. The number of benzene rings is 2. The molecule has 0 saturated heterocycles. The van der Waals surface area contributed by atoms with Crippen molar-refractivity contribution >= 4 is 17.5 Å². The lowest BCUT2D eigenvalue weighted by Gasteiger charge is -2.38. The molecule has 0 radical (unpaired) electrons. The molecule has 29 heavy (non-hydrogen) atoms. The number of hydrogen-bond acceptors (Lipinski definition) is 6. The molecule has 0 fully saturated rings. The predicted octanol–water partition coefficient (Wildman–Crippen LogP) is 5.05. The summed E-state index contributed by atoms with van der Waals surface area (Å²) in [7, 11) is 1.68. The Kier molecular flexibility index (Phi) is 4.64. The van der Waals surface area contributed by atoms with Crippen LogP contribution >= 0.6 is 11.8 Å². The number of nitrogens with zero attached hydrogens (tertiary/aromatic N) is 3. The van der Waals surface area contributed by atoms with Crippen molar-refractivity contribution in [3.05, 3.63) is 83.7 Å². The summed E-state index contributed by atoms with van der Waals surface area (Å²) in [5, 5.41) is 7.06. The van der Waals surface area contributed by atoms with Crippen molar-refractivity contribution in [2.75, 3.05) is 13.4 Å². The summed E-state index contributed by atoms with van der Waals surface area (Å²) in [4.78, 5) is 5.48. The number of hydrogen-bond donors (Lipinski definition) is 0. The third-order valence-electron chi connectivity index (χ3n) is 5.40. The quantitative estimate of drug-likeness (QED) is 0.570. The van der Waals surface area contributed by atoms with Crippen LogP contribution in [0.3, 0.4) is 0 Å². The van der Waals surface area contributed by atoms with Crippen LogP contribution < -0.4 is 9.47 Å². The fourth-order valence-corrected chi connectivity index (χ4v) is 4.35. The molecule has 5 nitrogen and oxygen atoms in total. The van der Waals surface area contributed by atoms with Crippen molar-refractivity contribution < 1.29 is 9.47 Å². The zero-order valence-corrected chi connectivity index (χ0v) is 17.1. The maximum absolute atomic E-state index is 6.48. The molecular formula is C23H21N3O2S. The first kappa shape index (κ1) is 18.1. The second-order valence-electron chi connectivity index (χ2n) is 7.01. The summed E-state index contributed by atoms with van der Waals surface area (Å²) >= 11 is 1.73. The topological polar surface area (TPSA) is 47.0 Å². The van der Waals surface area contributed by atoms with Crippen molar-refractivity contribution in [1.82, 2.24) is 9.99 Å². The lowest BCUT2D eigenvalue weighted by Crippen LogP contribution is -2.33. The molecule has 3 heterocycles. The van der Waals surface area contributed by atoms with Gasteiger partial charge in [-0.2, -0.15) is 5.10 Å². The van der Waals surface area contributed by atoms with Crippen LogP contribution in [0.1, 0.15) is 35.4 Å². The summed E-state index contributed by atoms with van der Waals surface area (Å²) in [6.45, 7) is 0. The molecule has 3 aromatic rings. The van der Waals surface area contributed by atoms with Crippen LogP contribution in [-0.4, -0.2) is 29.1 Å². The molecular weight excluding hydrogens is 382 g/mol. The van der Waals surface area contributed by atoms with Crippen molar-refractivity contribution in [2.24, 2.45) is 5.10 Å². The Morgan fingerprint density at radius 3 is 2.69 bits per heavy atom. The number of ether oxygens (including phenoxy) is 2. The molecule has 146 valence electrons. The summed E-state index contributed by atoms with van der Waals surface area (Å²) in [6, 6.07) is 18.6. The van der Waals surface area contributed by atoms with E-state index in [2.05, 4.69) is 52.6 Å². The minimum absolute atomic E-state index is 0.0919. The maximum atomic E-state index is 6.48. The number of rotatable bonds is 4. The van der Waals surface area contributed by atoms with Gasteiger partial charge in [-0.15, -0.1) is 11.8 Å². The van der Waals surface area contributed by atoms with Crippen molar-refractivity contribution in [3.8, 4) is 11.5 Å². The Bertz CT molecular complexity index is 1050. The summed E-state index contributed by atoms with van der Waals surface area (Å²) in [6.07, 6.45) is 6.22. The van der Waals surface area contributed by atoms with E-state index in [-0.39, 0.29) is 12.3 Å². The van der Waals surface area contributed by atoms with Gasteiger partial charge in [-0.3, -0.25) is 4.98 Å². The third-order valence-corrected chi connectivity index (χ3v) is 6.14. The van der Waals surface area contributed by atoms with Gasteiger partial charge in [-0.1, -0.05) is 30.3 Å². The van der Waals surface area contributed by atoms with Gasteiger partial charge in [-0.05, 0) is 30.5 Å². The normalized spacial score (nSPS) is 19.8. The van der Waals surface area contributed by atoms with E-state index in [1.165, 1.54) is 4.90 Å². The largest absolute Gasteiger partial charge is 0.493 e. The van der Waals surface area contributed by atoms with Crippen LogP contribution in [0.2, 0.25) is 0 Å². The second kappa shape index (κ2) is 7.44. The number of methoxy groups -OCH3 is 1. The zero-order chi connectivity index (χ0) is 19.8. The van der Waals surface area contributed by atoms with Crippen LogP contribution in [0.5, 0.6) is 11.5 Å². The molecule has 5 rings (SSSR count). The number of pyridine rings is 1. The first-order valence-electron chi connectivity index (χ1n) is 9.52. The third kappa shape index (κ3) is 3.13. The lowest BCUT2D eigenvalue weighted by molar-refractivity contribution is -0.0209. The van der Waals surface area contributed by atoms with Crippen LogP contribution in [-0.2, 0) is 0 Å². The number of aromatic nitrogens is 1. The molecule has 2 aliphatic heterocycles. The Morgan fingerprint density at radius 1 is 1.10 bits per heavy atom. The van der Waals surface area contributed by atoms with Crippen molar-refractivity contribution in [1.29, 1.82) is 0 Å². The van der Waals surface area contributed by atoms with Gasteiger partial charge in [0.2, 0.25) is 6.23 Å². The van der Waals surface area contributed by atoms with Gasteiger partial charge >= 0.3 is 0 Å². The monoisotopic (exact) mass is 403 g/mol. The summed E-state index contributed by atoms with van der Waals surface area (Å²) in [5.41, 5.74) is 4.24. The SMILES string of the molecule is COc1cccc2c1O[C@H](c1ccc(SC)cc1)N1N=C(c3cccnc3)C[C@@H]21. The van der Waals surface area contributed by atoms with Crippen LogP contribution in [0.4, 0.5) is 0 Å². The molecule has 6 heteroatoms. The first-order chi connectivity index (χ1) is 14.3. The van der Waals surface area contributed by atoms with Crippen LogP contribution in [0.25, 0.3) is 0 Å². The van der Waals surface area contributed by atoms with Gasteiger partial charge in [0.1, 0.15) is 0 Å². The Balaban J connectivity index is 1.60. The van der Waals surface area contributed by atoms with E-state index < -0.39 is 0 Å². The highest BCUT2D eigenvalue weighted by Gasteiger charge is 2.42. The maximum Gasteiger partial charge on any atom is 0.214 e. The number of para-hydroxylation sites is 1. The van der Waals surface area contributed by atoms with Gasteiger partial charge in [0.15, 0.2) is 11.5 Å². The standard InChI is InChI=1S/C23H21N3O2S/c1-27-21-7-3-6-18-20-13-19(16-5-4-12-24-14-16)25-26(20)23(28-22(18)21)15-8-10-17(29-2)11-9-15/h3-12,14,20,23H,13H2,1-2H3/t20-,23+/m0/s1. The second-order valence-corrected chi connectivity index (χ2v) is 7.89. The summed E-state index contributed by atoms with van der Waals surface area (Å²) < 4.78 is 12.1. The Labute approximate surface area is 174 Å². The number of thioether (sulfide) groups is 1. The molecule has 2 aliphatic rings. The Hall–Kier alpha value is -2.99. The highest BCUT2D eigenvalue weighted by molar-refractivity contribution is 7.98. The van der Waals surface area contributed by atoms with Gasteiger partial charge in [0.05, 0.1) is 18.9 Å². The van der Waals surface area contributed by atoms with Gasteiger partial charge in [0.25, 0.3) is 0 Å². The molecule has 0 amide bonds. The average molecular weight is 404 g/mol. The van der Waals surface area contributed by atoms with Gasteiger partial charge in [0, 0.05) is 40.4 Å². The number of fused-ring (bicyclic) bond motifs is 3. The fourth-order valence-electron chi connectivity index (χ4n) is 3.94. The molecule has 1 aromatic heterocycles. The zero-order valence-electron chi connectivity index (χ0n) is 16.3. The molecule has 0 aliphatic carbocycles. The van der Waals surface area contributed by atoms with Gasteiger partial charge in [-0.25, -0.2) is 5.01 Å². The van der Waals surface area contributed by atoms with Crippen LogP contribution in [0.15, 0.2) is 77.0 Å². The van der Waals surface area contributed by atoms with E-state index in [4.69, 9.17) is 14.6 Å². The van der Waals surface area contributed by atoms with E-state index in [0.717, 1.165) is 40.3 Å². The van der Waals surface area contributed by atoms with Crippen LogP contribution in [0, 0.1) is 0 Å². The highest BCUT2D eigenvalue weighted by Crippen LogP contribution is 2.50. The minimum atomic E-state index is -0.311.